The lowest BCUT2D eigenvalue weighted by Gasteiger charge is -2.10. The summed E-state index contributed by atoms with van der Waals surface area (Å²) in [6.45, 7) is 0. The molecule has 1 amide bonds. The van der Waals surface area contributed by atoms with E-state index in [4.69, 9.17) is 4.74 Å². The Balaban J connectivity index is 1.38. The molecule has 4 rings (SSSR count). The summed E-state index contributed by atoms with van der Waals surface area (Å²) in [6, 6.07) is 22.7. The van der Waals surface area contributed by atoms with Gasteiger partial charge in [0.2, 0.25) is 5.91 Å². The molecular weight excluding hydrogens is 470 g/mol. The Hall–Kier alpha value is -3.69. The Morgan fingerprint density at radius 2 is 1.74 bits per heavy atom. The van der Waals surface area contributed by atoms with Crippen molar-refractivity contribution in [2.45, 2.75) is 17.7 Å². The van der Waals surface area contributed by atoms with Crippen LogP contribution in [-0.4, -0.2) is 26.4 Å². The third kappa shape index (κ3) is 6.21. The first kappa shape index (κ1) is 23.5. The van der Waals surface area contributed by atoms with Gasteiger partial charge in [-0.05, 0) is 48.0 Å². The predicted octanol–water partition coefficient (Wildman–Crippen LogP) is 4.72. The smallest absolute Gasteiger partial charge is 0.261 e. The summed E-state index contributed by atoms with van der Waals surface area (Å²) in [5.41, 5.74) is 2.64. The highest BCUT2D eigenvalue weighted by Gasteiger charge is 2.16. The lowest BCUT2D eigenvalue weighted by Crippen LogP contribution is -2.16. The number of anilines is 2. The van der Waals surface area contributed by atoms with E-state index in [-0.39, 0.29) is 17.2 Å². The molecule has 0 bridgehead atoms. The van der Waals surface area contributed by atoms with Crippen LogP contribution in [0, 0.1) is 0 Å². The number of nitrogens with one attached hydrogen (secondary N) is 2. The monoisotopic (exact) mass is 493 g/mol. The molecule has 4 aromatic rings. The molecule has 1 heterocycles. The van der Waals surface area contributed by atoms with Gasteiger partial charge in [0.05, 0.1) is 29.1 Å². The third-order valence-electron chi connectivity index (χ3n) is 4.91. The maximum Gasteiger partial charge on any atom is 0.261 e. The van der Waals surface area contributed by atoms with Crippen LogP contribution in [0.5, 0.6) is 5.75 Å². The molecule has 0 saturated carbocycles. The minimum atomic E-state index is -3.83. The van der Waals surface area contributed by atoms with Crippen molar-refractivity contribution in [3.8, 4) is 5.75 Å². The molecule has 0 unspecified atom stereocenters. The highest BCUT2D eigenvalue weighted by atomic mass is 32.2. The number of hydrogen-bond donors (Lipinski definition) is 2. The van der Waals surface area contributed by atoms with E-state index in [2.05, 4.69) is 15.0 Å². The van der Waals surface area contributed by atoms with E-state index in [0.29, 0.717) is 29.2 Å². The number of carbonyl (C=O) groups excluding carboxylic acids is 1. The molecular formula is C25H23N3O4S2. The fourth-order valence-corrected chi connectivity index (χ4v) is 5.20. The van der Waals surface area contributed by atoms with Gasteiger partial charge in [-0.15, -0.1) is 11.3 Å². The van der Waals surface area contributed by atoms with Crippen LogP contribution in [0.3, 0.4) is 0 Å². The molecule has 0 atom stereocenters. The number of aromatic nitrogens is 1. The van der Waals surface area contributed by atoms with Gasteiger partial charge in [0, 0.05) is 23.2 Å². The van der Waals surface area contributed by atoms with Gasteiger partial charge in [0.15, 0.2) is 0 Å². The van der Waals surface area contributed by atoms with Gasteiger partial charge in [-0.25, -0.2) is 13.4 Å². The fraction of sp³-hybridized carbons (Fsp3) is 0.120. The first-order valence-corrected chi connectivity index (χ1v) is 12.8. The van der Waals surface area contributed by atoms with Crippen LogP contribution in [0.25, 0.3) is 0 Å². The Morgan fingerprint density at radius 1 is 0.971 bits per heavy atom. The highest BCUT2D eigenvalue weighted by Crippen LogP contribution is 2.22. The van der Waals surface area contributed by atoms with Gasteiger partial charge in [0.25, 0.3) is 10.0 Å². The average Bonchev–Trinajstić information content (AvgIpc) is 3.26. The van der Waals surface area contributed by atoms with Crippen LogP contribution >= 0.6 is 11.3 Å². The molecule has 0 aliphatic carbocycles. The molecule has 2 N–H and O–H groups in total. The minimum Gasteiger partial charge on any atom is -0.497 e. The van der Waals surface area contributed by atoms with E-state index in [9.17, 15) is 13.2 Å². The number of carbonyl (C=O) groups is 1. The SMILES string of the molecule is COc1ccc(NS(=O)(=O)c2cccc(NC(=O)Cc3csc(Cc4ccccc4)n3)c2)cc1. The van der Waals surface area contributed by atoms with Crippen molar-refractivity contribution in [3.63, 3.8) is 0 Å². The van der Waals surface area contributed by atoms with E-state index in [1.807, 2.05) is 35.7 Å². The van der Waals surface area contributed by atoms with Gasteiger partial charge in [-0.3, -0.25) is 9.52 Å². The largest absolute Gasteiger partial charge is 0.497 e. The zero-order chi connectivity index (χ0) is 24.0. The topological polar surface area (TPSA) is 97.4 Å². The maximum absolute atomic E-state index is 12.8. The van der Waals surface area contributed by atoms with Crippen molar-refractivity contribution in [2.24, 2.45) is 0 Å². The number of rotatable bonds is 9. The normalized spacial score (nSPS) is 11.1. The number of ether oxygens (including phenoxy) is 1. The van der Waals surface area contributed by atoms with Crippen LogP contribution in [0.4, 0.5) is 11.4 Å². The zero-order valence-electron chi connectivity index (χ0n) is 18.4. The highest BCUT2D eigenvalue weighted by molar-refractivity contribution is 7.92. The zero-order valence-corrected chi connectivity index (χ0v) is 20.0. The summed E-state index contributed by atoms with van der Waals surface area (Å²) in [7, 11) is -2.29. The standard InChI is InChI=1S/C25H23N3O4S2/c1-32-22-12-10-19(11-13-22)28-34(30,31)23-9-5-8-20(15-23)26-24(29)16-21-17-33-25(27-21)14-18-6-3-2-4-7-18/h2-13,15,17,28H,14,16H2,1H3,(H,26,29). The molecule has 0 fully saturated rings. The molecule has 174 valence electrons. The average molecular weight is 494 g/mol. The van der Waals surface area contributed by atoms with Crippen LogP contribution in [0.2, 0.25) is 0 Å². The number of methoxy groups -OCH3 is 1. The van der Waals surface area contributed by atoms with Gasteiger partial charge >= 0.3 is 0 Å². The van der Waals surface area contributed by atoms with Crippen molar-refractivity contribution >= 4 is 38.6 Å². The molecule has 0 spiro atoms. The summed E-state index contributed by atoms with van der Waals surface area (Å²) < 4.78 is 33.2. The molecule has 0 radical (unpaired) electrons. The Morgan fingerprint density at radius 3 is 2.47 bits per heavy atom. The number of thiazole rings is 1. The molecule has 0 aliphatic rings. The van der Waals surface area contributed by atoms with Gasteiger partial charge in [-0.2, -0.15) is 0 Å². The lowest BCUT2D eigenvalue weighted by atomic mass is 10.2. The molecule has 9 heteroatoms. The number of hydrogen-bond acceptors (Lipinski definition) is 6. The number of benzene rings is 3. The summed E-state index contributed by atoms with van der Waals surface area (Å²) in [5.74, 6) is 0.356. The summed E-state index contributed by atoms with van der Waals surface area (Å²) in [5, 5.41) is 5.57. The first-order valence-electron chi connectivity index (χ1n) is 10.5. The molecule has 0 aliphatic heterocycles. The molecule has 34 heavy (non-hydrogen) atoms. The predicted molar refractivity (Wildman–Crippen MR) is 134 cm³/mol. The third-order valence-corrected chi connectivity index (χ3v) is 7.19. The van der Waals surface area contributed by atoms with Gasteiger partial charge < -0.3 is 10.1 Å². The van der Waals surface area contributed by atoms with Crippen LogP contribution in [0.15, 0.2) is 89.1 Å². The van der Waals surface area contributed by atoms with Crippen molar-refractivity contribution < 1.29 is 17.9 Å². The number of amides is 1. The first-order chi connectivity index (χ1) is 16.4. The number of nitrogens with zero attached hydrogens (tertiary/aromatic N) is 1. The van der Waals surface area contributed by atoms with E-state index in [1.54, 1.807) is 36.4 Å². The molecule has 1 aromatic heterocycles. The fourth-order valence-electron chi connectivity index (χ4n) is 3.27. The quantitative estimate of drug-likeness (QED) is 0.352. The van der Waals surface area contributed by atoms with E-state index in [1.165, 1.54) is 30.6 Å². The maximum atomic E-state index is 12.8. The van der Waals surface area contributed by atoms with Crippen LogP contribution in [0.1, 0.15) is 16.3 Å². The summed E-state index contributed by atoms with van der Waals surface area (Å²) >= 11 is 1.52. The Labute approximate surface area is 202 Å². The second-order valence-electron chi connectivity index (χ2n) is 7.48. The van der Waals surface area contributed by atoms with E-state index in [0.717, 1.165) is 10.6 Å². The molecule has 0 saturated heterocycles. The second kappa shape index (κ2) is 10.5. The van der Waals surface area contributed by atoms with Crippen LogP contribution in [-0.2, 0) is 27.7 Å². The summed E-state index contributed by atoms with van der Waals surface area (Å²) in [6.07, 6.45) is 0.820. The van der Waals surface area contributed by atoms with Crippen LogP contribution < -0.4 is 14.8 Å². The van der Waals surface area contributed by atoms with Crippen molar-refractivity contribution in [2.75, 3.05) is 17.1 Å². The lowest BCUT2D eigenvalue weighted by molar-refractivity contribution is -0.115. The van der Waals surface area contributed by atoms with E-state index < -0.39 is 10.0 Å². The Kier molecular flexibility index (Phi) is 7.24. The van der Waals surface area contributed by atoms with Crippen molar-refractivity contribution in [1.82, 2.24) is 4.98 Å². The minimum absolute atomic E-state index is 0.0416. The Bertz CT molecular complexity index is 1370. The van der Waals surface area contributed by atoms with Crippen molar-refractivity contribution in [3.05, 3.63) is 101 Å². The molecule has 7 nitrogen and oxygen atoms in total. The van der Waals surface area contributed by atoms with Gasteiger partial charge in [-0.1, -0.05) is 36.4 Å². The van der Waals surface area contributed by atoms with Crippen molar-refractivity contribution in [1.29, 1.82) is 0 Å². The number of sulfonamides is 1. The van der Waals surface area contributed by atoms with Gasteiger partial charge in [0.1, 0.15) is 5.75 Å². The summed E-state index contributed by atoms with van der Waals surface area (Å²) in [4.78, 5) is 17.1. The second-order valence-corrected chi connectivity index (χ2v) is 10.1. The van der Waals surface area contributed by atoms with E-state index >= 15 is 0 Å². The molecule has 3 aromatic carbocycles.